The Morgan fingerprint density at radius 3 is 2.54 bits per heavy atom. The molecule has 134 valence electrons. The van der Waals surface area contributed by atoms with Crippen molar-refractivity contribution >= 4 is 41.1 Å². The first-order valence-electron chi connectivity index (χ1n) is 7.99. The lowest BCUT2D eigenvalue weighted by molar-refractivity contribution is 0.0994. The van der Waals surface area contributed by atoms with Gasteiger partial charge in [0, 0.05) is 5.56 Å². The molecule has 1 aromatic heterocycles. The Kier molecular flexibility index (Phi) is 5.70. The van der Waals surface area contributed by atoms with Gasteiger partial charge in [-0.1, -0.05) is 35.2 Å². The molecule has 0 aliphatic rings. The fourth-order valence-corrected chi connectivity index (χ4v) is 4.97. The fourth-order valence-electron chi connectivity index (χ4n) is 2.39. The number of hydrogen-bond acceptors (Lipinski definition) is 5. The minimum absolute atomic E-state index is 0.0625. The molecule has 0 aliphatic carbocycles. The fraction of sp³-hybridized carbons (Fsp3) is 0.211. The molecule has 0 aliphatic heterocycles. The first-order valence-corrected chi connectivity index (χ1v) is 10.1. The third kappa shape index (κ3) is 4.11. The van der Waals surface area contributed by atoms with Gasteiger partial charge in [-0.25, -0.2) is 9.07 Å². The number of rotatable bonds is 5. The quantitative estimate of drug-likeness (QED) is 0.307. The zero-order valence-electron chi connectivity index (χ0n) is 14.5. The molecule has 1 heterocycles. The van der Waals surface area contributed by atoms with Gasteiger partial charge in [0.25, 0.3) is 0 Å². The summed E-state index contributed by atoms with van der Waals surface area (Å²) < 4.78 is 16.0. The molecule has 0 amide bonds. The highest BCUT2D eigenvalue weighted by molar-refractivity contribution is 8.02. The topological polar surface area (TPSA) is 34.9 Å². The average molecular weight is 405 g/mol. The summed E-state index contributed by atoms with van der Waals surface area (Å²) >= 11 is 8.09. The molecule has 0 N–H and O–H groups in total. The van der Waals surface area contributed by atoms with Crippen LogP contribution in [0.25, 0.3) is 5.69 Å². The van der Waals surface area contributed by atoms with Crippen molar-refractivity contribution in [3.05, 3.63) is 68.9 Å². The van der Waals surface area contributed by atoms with Gasteiger partial charge in [-0.2, -0.15) is 0 Å². The van der Waals surface area contributed by atoms with Crippen LogP contribution in [0.4, 0.5) is 4.39 Å². The van der Waals surface area contributed by atoms with Gasteiger partial charge in [-0.15, -0.1) is 5.10 Å². The van der Waals surface area contributed by atoms with E-state index in [1.54, 1.807) is 16.8 Å². The van der Waals surface area contributed by atoms with Crippen molar-refractivity contribution in [2.45, 2.75) is 30.4 Å². The number of carbonyl (C=O) groups excluding carboxylic acids is 1. The third-order valence-electron chi connectivity index (χ3n) is 4.04. The maximum atomic E-state index is 13.1. The number of ketones is 1. The first kappa shape index (κ1) is 18.9. The second kappa shape index (κ2) is 7.82. The van der Waals surface area contributed by atoms with Crippen LogP contribution in [0.5, 0.6) is 0 Å². The molecule has 2 aromatic carbocycles. The van der Waals surface area contributed by atoms with Crippen molar-refractivity contribution in [1.29, 1.82) is 0 Å². The molecular weight excluding hydrogens is 387 g/mol. The third-order valence-corrected chi connectivity index (χ3v) is 6.46. The van der Waals surface area contributed by atoms with E-state index in [0.717, 1.165) is 11.1 Å². The maximum absolute atomic E-state index is 13.1. The van der Waals surface area contributed by atoms with E-state index in [9.17, 15) is 9.18 Å². The molecule has 0 fully saturated rings. The minimum Gasteiger partial charge on any atom is -0.293 e. The van der Waals surface area contributed by atoms with E-state index in [-0.39, 0.29) is 16.9 Å². The number of hydrogen-bond donors (Lipinski definition) is 0. The van der Waals surface area contributed by atoms with E-state index >= 15 is 0 Å². The van der Waals surface area contributed by atoms with Crippen molar-refractivity contribution < 1.29 is 9.18 Å². The van der Waals surface area contributed by atoms with Crippen LogP contribution < -0.4 is 0 Å². The summed E-state index contributed by atoms with van der Waals surface area (Å²) in [6.45, 7) is 5.89. The summed E-state index contributed by atoms with van der Waals surface area (Å²) in [5.41, 5.74) is 3.67. The summed E-state index contributed by atoms with van der Waals surface area (Å²) in [5, 5.41) is 4.20. The Morgan fingerprint density at radius 1 is 1.19 bits per heavy atom. The van der Waals surface area contributed by atoms with Crippen LogP contribution >= 0.6 is 35.3 Å². The second-order valence-corrected chi connectivity index (χ2v) is 9.16. The van der Waals surface area contributed by atoms with Gasteiger partial charge in [0.1, 0.15) is 5.82 Å². The van der Waals surface area contributed by atoms with E-state index in [2.05, 4.69) is 5.10 Å². The van der Waals surface area contributed by atoms with Gasteiger partial charge >= 0.3 is 0 Å². The highest BCUT2D eigenvalue weighted by Crippen LogP contribution is 2.29. The lowest BCUT2D eigenvalue weighted by Gasteiger charge is -2.09. The number of Topliss-reactive ketones (excluding diaryl/α,β-unsaturated/α-hetero) is 1. The lowest BCUT2D eigenvalue weighted by atomic mass is 10.0. The summed E-state index contributed by atoms with van der Waals surface area (Å²) in [4.78, 5) is 12.7. The van der Waals surface area contributed by atoms with E-state index in [1.807, 2.05) is 39.0 Å². The van der Waals surface area contributed by atoms with Crippen LogP contribution in [0.3, 0.4) is 0 Å². The van der Waals surface area contributed by atoms with E-state index in [0.29, 0.717) is 19.5 Å². The van der Waals surface area contributed by atoms with Crippen molar-refractivity contribution in [2.75, 3.05) is 0 Å². The molecule has 0 unspecified atom stereocenters. The van der Waals surface area contributed by atoms with Crippen molar-refractivity contribution in [3.63, 3.8) is 0 Å². The molecule has 0 saturated heterocycles. The van der Waals surface area contributed by atoms with Crippen LogP contribution in [-0.2, 0) is 0 Å². The molecule has 0 bridgehead atoms. The van der Waals surface area contributed by atoms with Gasteiger partial charge in [0.2, 0.25) is 0 Å². The molecule has 3 rings (SSSR count). The molecule has 3 aromatic rings. The Morgan fingerprint density at radius 2 is 1.88 bits per heavy atom. The Hall–Kier alpha value is -1.83. The number of aromatic nitrogens is 2. The molecule has 7 heteroatoms. The minimum atomic E-state index is -0.308. The number of carbonyl (C=O) groups is 1. The number of aryl methyl sites for hydroxylation is 2. The summed E-state index contributed by atoms with van der Waals surface area (Å²) in [7, 11) is 0. The first-order chi connectivity index (χ1) is 12.3. The number of nitrogens with zero attached hydrogens (tertiary/aromatic N) is 2. The standard InChI is InChI=1S/C19H17FN2OS3/c1-11-4-5-14(10-12(11)2)17(23)13(3)25-18-21-22(19(24)26-18)16-8-6-15(20)7-9-16/h4-10,13H,1-3H3/t13-/m1/s1. The molecule has 3 nitrogen and oxygen atoms in total. The zero-order valence-corrected chi connectivity index (χ0v) is 17.0. The smallest absolute Gasteiger partial charge is 0.184 e. The number of halogens is 1. The molecule has 0 radical (unpaired) electrons. The van der Waals surface area contributed by atoms with Crippen molar-refractivity contribution in [2.24, 2.45) is 0 Å². The van der Waals surface area contributed by atoms with Crippen LogP contribution in [0.1, 0.15) is 28.4 Å². The Bertz CT molecular complexity index is 1010. The second-order valence-electron chi connectivity index (χ2n) is 5.95. The van der Waals surface area contributed by atoms with Gasteiger partial charge < -0.3 is 0 Å². The highest BCUT2D eigenvalue weighted by atomic mass is 32.2. The molecule has 26 heavy (non-hydrogen) atoms. The predicted molar refractivity (Wildman–Crippen MR) is 108 cm³/mol. The van der Waals surface area contributed by atoms with E-state index < -0.39 is 0 Å². The SMILES string of the molecule is Cc1ccc(C(=O)[C@@H](C)Sc2nn(-c3ccc(F)cc3)c(=S)s2)cc1C. The van der Waals surface area contributed by atoms with Crippen LogP contribution in [0, 0.1) is 23.6 Å². The van der Waals surface area contributed by atoms with Crippen LogP contribution in [-0.4, -0.2) is 20.8 Å². The van der Waals surface area contributed by atoms with Gasteiger partial charge in [-0.05, 0) is 74.4 Å². The van der Waals surface area contributed by atoms with E-state index in [4.69, 9.17) is 12.2 Å². The lowest BCUT2D eigenvalue weighted by Crippen LogP contribution is -2.13. The van der Waals surface area contributed by atoms with Crippen LogP contribution in [0.15, 0.2) is 46.8 Å². The largest absolute Gasteiger partial charge is 0.293 e. The summed E-state index contributed by atoms with van der Waals surface area (Å²) in [5.74, 6) is -0.245. The van der Waals surface area contributed by atoms with Crippen molar-refractivity contribution in [3.8, 4) is 5.69 Å². The monoisotopic (exact) mass is 404 g/mol. The number of thioether (sulfide) groups is 1. The highest BCUT2D eigenvalue weighted by Gasteiger charge is 2.19. The molecular formula is C19H17FN2OS3. The predicted octanol–water partition coefficient (Wildman–Crippen LogP) is 5.78. The molecule has 1 atom stereocenters. The van der Waals surface area contributed by atoms with Crippen molar-refractivity contribution in [1.82, 2.24) is 9.78 Å². The zero-order chi connectivity index (χ0) is 18.8. The maximum Gasteiger partial charge on any atom is 0.184 e. The van der Waals surface area contributed by atoms with Gasteiger partial charge in [0.05, 0.1) is 10.9 Å². The molecule has 0 saturated carbocycles. The Balaban J connectivity index is 1.79. The van der Waals surface area contributed by atoms with Crippen LogP contribution in [0.2, 0.25) is 0 Å². The average Bonchev–Trinajstić information content (AvgIpc) is 2.97. The van der Waals surface area contributed by atoms with Gasteiger partial charge in [-0.3, -0.25) is 4.79 Å². The summed E-state index contributed by atoms with van der Waals surface area (Å²) in [6, 6.07) is 11.7. The summed E-state index contributed by atoms with van der Waals surface area (Å²) in [6.07, 6.45) is 0. The Labute approximate surface area is 164 Å². The van der Waals surface area contributed by atoms with E-state index in [1.165, 1.54) is 35.2 Å². The molecule has 0 spiro atoms. The van der Waals surface area contributed by atoms with Gasteiger partial charge in [0.15, 0.2) is 14.1 Å². The normalized spacial score (nSPS) is 12.2. The number of benzene rings is 2.